The van der Waals surface area contributed by atoms with Crippen molar-refractivity contribution in [1.82, 2.24) is 0 Å². The van der Waals surface area contributed by atoms with Crippen LogP contribution in [0.1, 0.15) is 20.8 Å². The van der Waals surface area contributed by atoms with Gasteiger partial charge in [-0.1, -0.05) is 26.8 Å². The van der Waals surface area contributed by atoms with Crippen LogP contribution in [0.2, 0.25) is 6.04 Å². The first kappa shape index (κ1) is 7.43. The fraction of sp³-hybridized carbons (Fsp3) is 1.00. The van der Waals surface area contributed by atoms with Crippen molar-refractivity contribution in [1.29, 1.82) is 0 Å². The Kier molecular flexibility index (Phi) is 2.84. The highest BCUT2D eigenvalue weighted by Gasteiger charge is 2.06. The molecule has 0 bridgehead atoms. The monoisotopic (exact) mass is 132 g/mol. The first-order chi connectivity index (χ1) is 3.06. The number of hydrogen-bond acceptors (Lipinski definition) is 0. The zero-order valence-corrected chi connectivity index (χ0v) is 9.33. The zero-order chi connectivity index (χ0) is 5.91. The van der Waals surface area contributed by atoms with Crippen LogP contribution >= 0.6 is 0 Å². The molecular weight excluding hydrogens is 116 g/mol. The van der Waals surface area contributed by atoms with E-state index >= 15 is 0 Å². The smallest absolute Gasteiger partial charge is 0.00478 e. The standard InChI is InChI=1S/C5H16Si2/c1-5(2,3)4-7-6/h4,7H2,1-3,6H3. The Bertz CT molecular complexity index is 44.5. The Labute approximate surface area is 51.7 Å². The highest BCUT2D eigenvalue weighted by Crippen LogP contribution is 2.16. The van der Waals surface area contributed by atoms with Gasteiger partial charge in [0.1, 0.15) is 0 Å². The van der Waals surface area contributed by atoms with Gasteiger partial charge < -0.3 is 0 Å². The van der Waals surface area contributed by atoms with E-state index in [0.29, 0.717) is 14.5 Å². The first-order valence-corrected chi connectivity index (χ1v) is 9.72. The molecule has 0 aliphatic rings. The molecule has 0 radical (unpaired) electrons. The topological polar surface area (TPSA) is 0 Å². The van der Waals surface area contributed by atoms with Crippen molar-refractivity contribution in [2.75, 3.05) is 0 Å². The van der Waals surface area contributed by atoms with Crippen molar-refractivity contribution in [3.63, 3.8) is 0 Å². The Morgan fingerprint density at radius 2 is 1.86 bits per heavy atom. The molecule has 0 saturated heterocycles. The van der Waals surface area contributed by atoms with E-state index < -0.39 is 0 Å². The molecule has 0 spiro atoms. The van der Waals surface area contributed by atoms with Crippen LogP contribution in [0.25, 0.3) is 0 Å². The lowest BCUT2D eigenvalue weighted by molar-refractivity contribution is 0.468. The summed E-state index contributed by atoms with van der Waals surface area (Å²) in [5.74, 6) is 0. The molecule has 0 aromatic heterocycles. The molecule has 0 rings (SSSR count). The van der Waals surface area contributed by atoms with Crippen LogP contribution in [-0.2, 0) is 0 Å². The Morgan fingerprint density at radius 1 is 1.43 bits per heavy atom. The van der Waals surface area contributed by atoms with Gasteiger partial charge in [-0.25, -0.2) is 0 Å². The minimum atomic E-state index is 0.449. The van der Waals surface area contributed by atoms with Crippen LogP contribution in [0.4, 0.5) is 0 Å². The van der Waals surface area contributed by atoms with Gasteiger partial charge in [-0.2, -0.15) is 0 Å². The van der Waals surface area contributed by atoms with Crippen LogP contribution in [0.5, 0.6) is 0 Å². The number of hydrogen-bond donors (Lipinski definition) is 0. The highest BCUT2D eigenvalue weighted by molar-refractivity contribution is 6.89. The minimum Gasteiger partial charge on any atom is -0.0607 e. The minimum absolute atomic E-state index is 0.449. The lowest BCUT2D eigenvalue weighted by atomic mass is 10.0. The predicted molar refractivity (Wildman–Crippen MR) is 42.7 cm³/mol. The van der Waals surface area contributed by atoms with Crippen molar-refractivity contribution < 1.29 is 0 Å². The summed E-state index contributed by atoms with van der Waals surface area (Å²) in [6, 6.07) is 1.54. The molecule has 2 heteroatoms. The van der Waals surface area contributed by atoms with E-state index in [2.05, 4.69) is 20.8 Å². The first-order valence-electron chi connectivity index (χ1n) is 3.06. The summed E-state index contributed by atoms with van der Waals surface area (Å²) in [5, 5.41) is 0. The molecule has 0 aromatic carbocycles. The fourth-order valence-electron chi connectivity index (χ4n) is 0.750. The summed E-state index contributed by atoms with van der Waals surface area (Å²) < 4.78 is 0. The highest BCUT2D eigenvalue weighted by atomic mass is 29.1. The molecule has 0 unspecified atom stereocenters. The van der Waals surface area contributed by atoms with E-state index in [-0.39, 0.29) is 0 Å². The van der Waals surface area contributed by atoms with Gasteiger partial charge in [-0.15, -0.1) is 0 Å². The van der Waals surface area contributed by atoms with E-state index in [1.807, 2.05) is 0 Å². The van der Waals surface area contributed by atoms with Gasteiger partial charge >= 0.3 is 0 Å². The van der Waals surface area contributed by atoms with E-state index in [0.717, 1.165) is 0 Å². The maximum absolute atomic E-state index is 2.33. The molecule has 0 fully saturated rings. The molecule has 7 heavy (non-hydrogen) atoms. The quantitative estimate of drug-likeness (QED) is 0.437. The third-order valence-corrected chi connectivity index (χ3v) is 4.50. The second kappa shape index (κ2) is 2.67. The molecule has 0 aromatic rings. The van der Waals surface area contributed by atoms with Crippen LogP contribution < -0.4 is 0 Å². The fourth-order valence-corrected chi connectivity index (χ4v) is 6.75. The maximum atomic E-state index is 2.33. The molecule has 0 aliphatic heterocycles. The molecule has 0 N–H and O–H groups in total. The SMILES string of the molecule is CC(C)(C)C[SiH2][SiH3]. The van der Waals surface area contributed by atoms with Gasteiger partial charge in [0.2, 0.25) is 0 Å². The molecule has 0 amide bonds. The summed E-state index contributed by atoms with van der Waals surface area (Å²) in [6.45, 7) is 6.99. The number of rotatable bonds is 1. The summed E-state index contributed by atoms with van der Waals surface area (Å²) in [4.78, 5) is 0. The molecule has 0 heterocycles. The largest absolute Gasteiger partial charge is 0.0607 e. The van der Waals surface area contributed by atoms with Gasteiger partial charge in [-0.3, -0.25) is 0 Å². The van der Waals surface area contributed by atoms with Gasteiger partial charge in [-0.05, 0) is 15.2 Å². The normalized spacial score (nSPS) is 14.1. The summed E-state index contributed by atoms with van der Waals surface area (Å²) in [6.07, 6.45) is 0. The molecule has 44 valence electrons. The van der Waals surface area contributed by atoms with E-state index in [1.54, 1.807) is 6.04 Å². The van der Waals surface area contributed by atoms with Gasteiger partial charge in [0.15, 0.2) is 0 Å². The molecule has 0 saturated carbocycles. The van der Waals surface area contributed by atoms with Crippen LogP contribution in [-0.4, -0.2) is 18.8 Å². The second-order valence-electron chi connectivity index (χ2n) is 3.31. The summed E-state index contributed by atoms with van der Waals surface area (Å²) in [5.41, 5.74) is 0.647. The van der Waals surface area contributed by atoms with Crippen molar-refractivity contribution >= 4 is 18.8 Å². The van der Waals surface area contributed by atoms with Gasteiger partial charge in [0, 0.05) is 9.04 Å². The summed E-state index contributed by atoms with van der Waals surface area (Å²) >= 11 is 0. The average molecular weight is 132 g/mol. The Morgan fingerprint density at radius 3 is 1.86 bits per heavy atom. The van der Waals surface area contributed by atoms with Gasteiger partial charge in [0.25, 0.3) is 0 Å². The van der Waals surface area contributed by atoms with Crippen LogP contribution in [0.3, 0.4) is 0 Å². The van der Waals surface area contributed by atoms with Gasteiger partial charge in [0.05, 0.1) is 0 Å². The predicted octanol–water partition coefficient (Wildman–Crippen LogP) is -0.100. The lowest BCUT2D eigenvalue weighted by Crippen LogP contribution is -2.07. The van der Waals surface area contributed by atoms with Crippen LogP contribution in [0.15, 0.2) is 0 Å². The van der Waals surface area contributed by atoms with Crippen molar-refractivity contribution in [2.45, 2.75) is 26.8 Å². The zero-order valence-electron chi connectivity index (χ0n) is 5.91. The Hall–Kier alpha value is 0.434. The maximum Gasteiger partial charge on any atom is 0.00478 e. The third kappa shape index (κ3) is 6.43. The second-order valence-corrected chi connectivity index (χ2v) is 7.81. The lowest BCUT2D eigenvalue weighted by Gasteiger charge is -2.15. The molecule has 0 atom stereocenters. The van der Waals surface area contributed by atoms with E-state index in [1.165, 1.54) is 9.76 Å². The van der Waals surface area contributed by atoms with Crippen molar-refractivity contribution in [3.05, 3.63) is 0 Å². The Balaban J connectivity index is 3.15. The molecule has 0 aliphatic carbocycles. The van der Waals surface area contributed by atoms with Crippen LogP contribution in [0, 0.1) is 5.41 Å². The third-order valence-electron chi connectivity index (χ3n) is 1.000. The molecular formula is C5H16Si2. The van der Waals surface area contributed by atoms with E-state index in [4.69, 9.17) is 0 Å². The van der Waals surface area contributed by atoms with Crippen molar-refractivity contribution in [3.8, 4) is 0 Å². The van der Waals surface area contributed by atoms with E-state index in [9.17, 15) is 0 Å². The van der Waals surface area contributed by atoms with Crippen molar-refractivity contribution in [2.24, 2.45) is 5.41 Å². The molecule has 0 nitrogen and oxygen atoms in total. The summed E-state index contributed by atoms with van der Waals surface area (Å²) in [7, 11) is 1.96. The average Bonchev–Trinajstić information content (AvgIpc) is 1.30.